The summed E-state index contributed by atoms with van der Waals surface area (Å²) in [7, 11) is 0. The van der Waals surface area contributed by atoms with Crippen molar-refractivity contribution in [1.82, 2.24) is 34.9 Å². The van der Waals surface area contributed by atoms with E-state index >= 15 is 0 Å². The fourth-order valence-corrected chi connectivity index (χ4v) is 18.7. The maximum Gasteiger partial charge on any atom is 0.161 e. The van der Waals surface area contributed by atoms with Gasteiger partial charge in [-0.3, -0.25) is 4.98 Å². The van der Waals surface area contributed by atoms with Crippen LogP contribution in [0.4, 0.5) is 0 Å². The number of hydrogen-bond donors (Lipinski definition) is 0. The maximum absolute atomic E-state index is 6.39. The number of nitrogens with zero attached hydrogens (tertiary/aromatic N) is 7. The molecule has 0 aliphatic carbocycles. The van der Waals surface area contributed by atoms with E-state index in [1.54, 1.807) is 6.20 Å². The molecule has 8 heteroatoms. The van der Waals surface area contributed by atoms with E-state index in [2.05, 4.69) is 484 Å². The van der Waals surface area contributed by atoms with E-state index < -0.39 is 0 Å². The molecule has 652 valence electrons. The average molecular weight is 1780 g/mol. The largest absolute Gasteiger partial charge is 0.455 e. The van der Waals surface area contributed by atoms with Crippen molar-refractivity contribution in [3.63, 3.8) is 0 Å². The van der Waals surface area contributed by atoms with Crippen LogP contribution in [0.2, 0.25) is 0 Å². The van der Waals surface area contributed by atoms with Crippen LogP contribution in [0.1, 0.15) is 0 Å². The zero-order chi connectivity index (χ0) is 92.6. The van der Waals surface area contributed by atoms with Gasteiger partial charge in [0.25, 0.3) is 0 Å². The number of benzene rings is 20. The first kappa shape index (κ1) is 84.6. The molecule has 8 nitrogen and oxygen atoms in total. The number of pyridine rings is 1. The van der Waals surface area contributed by atoms with Gasteiger partial charge < -0.3 is 4.42 Å². The Labute approximate surface area is 806 Å². The van der Waals surface area contributed by atoms with Crippen molar-refractivity contribution in [3.05, 3.63) is 528 Å². The molecule has 0 aliphatic rings. The molecule has 0 unspecified atom stereocenters. The van der Waals surface area contributed by atoms with Gasteiger partial charge >= 0.3 is 0 Å². The van der Waals surface area contributed by atoms with Crippen molar-refractivity contribution in [1.29, 1.82) is 0 Å². The van der Waals surface area contributed by atoms with Crippen LogP contribution in [0.15, 0.2) is 532 Å². The molecule has 25 aromatic rings. The number of aromatic nitrogens is 7. The van der Waals surface area contributed by atoms with Gasteiger partial charge in [-0.1, -0.05) is 455 Å². The molecule has 20 aromatic carbocycles. The van der Waals surface area contributed by atoms with Crippen LogP contribution >= 0.6 is 0 Å². The smallest absolute Gasteiger partial charge is 0.161 e. The molecular formula is C131H87N7O. The van der Waals surface area contributed by atoms with Crippen LogP contribution < -0.4 is 0 Å². The van der Waals surface area contributed by atoms with Gasteiger partial charge in [0, 0.05) is 84.4 Å². The summed E-state index contributed by atoms with van der Waals surface area (Å²) in [6.07, 6.45) is 3.70. The fourth-order valence-electron chi connectivity index (χ4n) is 18.7. The minimum atomic E-state index is 0.700. The summed E-state index contributed by atoms with van der Waals surface area (Å²) in [5, 5.41) is 9.13. The Hall–Kier alpha value is -18.6. The van der Waals surface area contributed by atoms with Gasteiger partial charge in [-0.05, 0) is 171 Å². The van der Waals surface area contributed by atoms with Crippen LogP contribution in [0.5, 0.6) is 0 Å². The Kier molecular flexibility index (Phi) is 23.5. The van der Waals surface area contributed by atoms with E-state index in [1.165, 1.54) is 60.8 Å². The molecular weight excluding hydrogens is 1690 g/mol. The SMILES string of the molecule is c1ccc(-c2ccc(-c3cc(-c4cccc(-c5cccc(-c6ccccc6)c5)c4)nc(-c4cccc5ccccc45)n3)cc2)cc1.c1ccc(-c2ccc(-c3cc(-c4cccc(-c5cccc(-c6cccnc6)c5)c4)nc(-c4cccc5ccccc45)n3)cc2)cc1.c1ccc(-c2ccc(-c3cc(-c4cccc(-c5cccc6c5oc5ccccc56)c4)nc(-c4cccc5ccccc45)n3)cc2)cc1. The molecule has 0 bridgehead atoms. The molecule has 0 spiro atoms. The third-order valence-electron chi connectivity index (χ3n) is 25.8. The average Bonchev–Trinajstić information content (AvgIpc) is 1.69. The van der Waals surface area contributed by atoms with Gasteiger partial charge in [-0.2, -0.15) is 0 Å². The van der Waals surface area contributed by atoms with E-state index in [9.17, 15) is 0 Å². The van der Waals surface area contributed by atoms with E-state index in [0.29, 0.717) is 17.5 Å². The molecule has 0 amide bonds. The van der Waals surface area contributed by atoms with Crippen molar-refractivity contribution < 1.29 is 4.42 Å². The summed E-state index contributed by atoms with van der Waals surface area (Å²) in [5.41, 5.74) is 34.8. The highest BCUT2D eigenvalue weighted by Gasteiger charge is 2.21. The number of furan rings is 1. The second-order valence-electron chi connectivity index (χ2n) is 34.6. The standard InChI is InChI=1S/C44H28N2O.C44H30N2.C43H29N3/c1-2-11-29(12-3-1)30-23-25-32(26-24-30)40-28-41(46-44(45-40)39-21-9-14-31-13-4-5-17-35(31)39)34-16-8-15-33(27-34)36-19-10-20-38-37-18-6-7-22-42(37)47-43(36)38;1-3-12-31(13-4-1)33-24-26-35(27-25-33)42-30-43(46-44(45-42)41-23-11-17-34-16-7-8-22-40(34)41)39-21-10-20-38(29-39)37-19-9-18-36(28-37)32-14-5-2-6-15-32;1-2-10-30(11-3-1)31-21-23-33(24-22-31)41-28-42(46-43(45-41)40-20-8-13-32-12-4-5-19-39(32)40)37-17-7-15-35(27-37)34-14-6-16-36(26-34)38-18-9-25-44-29-38/h1-28H;1-30H;1-29H. The van der Waals surface area contributed by atoms with Crippen molar-refractivity contribution in [2.75, 3.05) is 0 Å². The zero-order valence-corrected chi connectivity index (χ0v) is 75.8. The summed E-state index contributed by atoms with van der Waals surface area (Å²) in [4.78, 5) is 35.4. The fraction of sp³-hybridized carbons (Fsp3) is 0. The lowest BCUT2D eigenvalue weighted by Gasteiger charge is -2.13. The van der Waals surface area contributed by atoms with E-state index in [-0.39, 0.29) is 0 Å². The zero-order valence-electron chi connectivity index (χ0n) is 75.8. The summed E-state index contributed by atoms with van der Waals surface area (Å²) in [6.45, 7) is 0. The van der Waals surface area contributed by atoms with Gasteiger partial charge in [0.1, 0.15) is 11.2 Å². The molecule has 0 saturated heterocycles. The van der Waals surface area contributed by atoms with Crippen LogP contribution in [-0.4, -0.2) is 34.9 Å². The predicted octanol–water partition coefficient (Wildman–Crippen LogP) is 34.5. The number of hydrogen-bond acceptors (Lipinski definition) is 8. The summed E-state index contributed by atoms with van der Waals surface area (Å²) < 4.78 is 6.39. The normalized spacial score (nSPS) is 11.2. The molecule has 0 saturated carbocycles. The lowest BCUT2D eigenvalue weighted by atomic mass is 9.97. The summed E-state index contributed by atoms with van der Waals surface area (Å²) in [6, 6.07) is 180. The highest BCUT2D eigenvalue weighted by Crippen LogP contribution is 2.43. The Bertz CT molecular complexity index is 8430. The van der Waals surface area contributed by atoms with Gasteiger partial charge in [-0.25, -0.2) is 29.9 Å². The first-order valence-corrected chi connectivity index (χ1v) is 46.8. The van der Waals surface area contributed by atoms with E-state index in [1.807, 2.05) is 42.6 Å². The molecule has 5 aromatic heterocycles. The Balaban J connectivity index is 0.000000117. The van der Waals surface area contributed by atoms with Crippen molar-refractivity contribution >= 4 is 54.3 Å². The maximum atomic E-state index is 6.39. The first-order valence-electron chi connectivity index (χ1n) is 46.8. The molecule has 0 aliphatic heterocycles. The molecule has 0 N–H and O–H groups in total. The number of rotatable bonds is 17. The lowest BCUT2D eigenvalue weighted by molar-refractivity contribution is 0.670. The van der Waals surface area contributed by atoms with Crippen LogP contribution in [0, 0.1) is 0 Å². The van der Waals surface area contributed by atoms with Crippen LogP contribution in [-0.2, 0) is 0 Å². The molecule has 25 rings (SSSR count). The second-order valence-corrected chi connectivity index (χ2v) is 34.6. The Morgan fingerprint density at radius 2 is 0.381 bits per heavy atom. The lowest BCUT2D eigenvalue weighted by Crippen LogP contribution is -1.97. The third kappa shape index (κ3) is 18.1. The van der Waals surface area contributed by atoms with Crippen molar-refractivity contribution in [2.45, 2.75) is 0 Å². The second kappa shape index (κ2) is 38.5. The van der Waals surface area contributed by atoms with E-state index in [4.69, 9.17) is 34.3 Å². The Morgan fingerprint density at radius 1 is 0.144 bits per heavy atom. The Morgan fingerprint density at radius 3 is 0.755 bits per heavy atom. The molecule has 5 heterocycles. The molecule has 0 fully saturated rings. The first-order chi connectivity index (χ1) is 68.8. The molecule has 0 radical (unpaired) electrons. The predicted molar refractivity (Wildman–Crippen MR) is 576 cm³/mol. The quantitative estimate of drug-likeness (QED) is 0.0888. The highest BCUT2D eigenvalue weighted by atomic mass is 16.3. The van der Waals surface area contributed by atoms with Gasteiger partial charge in [0.2, 0.25) is 0 Å². The summed E-state index contributed by atoms with van der Waals surface area (Å²) >= 11 is 0. The number of para-hydroxylation sites is 2. The van der Waals surface area contributed by atoms with Crippen molar-refractivity contribution in [3.8, 4) is 191 Å². The highest BCUT2D eigenvalue weighted by molar-refractivity contribution is 6.10. The topological polar surface area (TPSA) is 103 Å². The van der Waals surface area contributed by atoms with Crippen LogP contribution in [0.25, 0.3) is 245 Å². The third-order valence-corrected chi connectivity index (χ3v) is 25.8. The molecule has 0 atom stereocenters. The minimum absolute atomic E-state index is 0.700. The van der Waals surface area contributed by atoms with Gasteiger partial charge in [0.15, 0.2) is 17.5 Å². The summed E-state index contributed by atoms with van der Waals surface area (Å²) in [5.74, 6) is 2.12. The number of fused-ring (bicyclic) bond motifs is 6. The molecule has 139 heavy (non-hydrogen) atoms. The van der Waals surface area contributed by atoms with Crippen molar-refractivity contribution in [2.24, 2.45) is 0 Å². The monoisotopic (exact) mass is 1770 g/mol. The van der Waals surface area contributed by atoms with E-state index in [0.717, 1.165) is 167 Å². The van der Waals surface area contributed by atoms with Gasteiger partial charge in [-0.15, -0.1) is 0 Å². The van der Waals surface area contributed by atoms with Crippen LogP contribution in [0.3, 0.4) is 0 Å². The minimum Gasteiger partial charge on any atom is -0.455 e. The van der Waals surface area contributed by atoms with Gasteiger partial charge in [0.05, 0.1) is 34.2 Å².